The number of hydrogen-bond donors (Lipinski definition) is 1. The van der Waals surface area contributed by atoms with Crippen LogP contribution < -0.4 is 24.6 Å². The van der Waals surface area contributed by atoms with Gasteiger partial charge in [-0.1, -0.05) is 0 Å². The van der Waals surface area contributed by atoms with Crippen LogP contribution in [0.3, 0.4) is 0 Å². The van der Waals surface area contributed by atoms with E-state index in [0.717, 1.165) is 24.6 Å². The Balaban J connectivity index is 1.56. The Morgan fingerprint density at radius 3 is 3.00 bits per heavy atom. The number of fused-ring (bicyclic) bond motifs is 2. The molecule has 7 nitrogen and oxygen atoms in total. The number of pyridine rings is 1. The van der Waals surface area contributed by atoms with Crippen molar-refractivity contribution in [3.63, 3.8) is 0 Å². The molecule has 3 heterocycles. The number of aromatic nitrogens is 1. The molecule has 1 aromatic heterocycles. The van der Waals surface area contributed by atoms with Crippen LogP contribution in [-0.4, -0.2) is 37.4 Å². The average Bonchev–Trinajstić information content (AvgIpc) is 3.08. The monoisotopic (exact) mass is 326 g/mol. The second-order valence-electron chi connectivity index (χ2n) is 5.58. The van der Waals surface area contributed by atoms with Crippen LogP contribution in [0.1, 0.15) is 6.92 Å². The normalized spacial score (nSPS) is 15.2. The molecule has 1 aromatic carbocycles. The van der Waals surface area contributed by atoms with Gasteiger partial charge in [0.15, 0.2) is 17.3 Å². The smallest absolute Gasteiger partial charge is 0.326 e. The molecule has 0 bridgehead atoms. The van der Waals surface area contributed by atoms with Crippen molar-refractivity contribution in [3.05, 3.63) is 36.5 Å². The molecule has 0 spiro atoms. The molecule has 4 rings (SSSR count). The largest absolute Gasteiger partial charge is 0.454 e. The van der Waals surface area contributed by atoms with E-state index in [-0.39, 0.29) is 12.8 Å². The first-order chi connectivity index (χ1) is 11.8. The van der Waals surface area contributed by atoms with Gasteiger partial charge < -0.3 is 19.7 Å². The van der Waals surface area contributed by atoms with Gasteiger partial charge in [0.1, 0.15) is 0 Å². The van der Waals surface area contributed by atoms with Crippen molar-refractivity contribution in [2.75, 3.05) is 41.5 Å². The second kappa shape index (κ2) is 5.92. The predicted molar refractivity (Wildman–Crippen MR) is 91.1 cm³/mol. The Morgan fingerprint density at radius 1 is 1.25 bits per heavy atom. The summed E-state index contributed by atoms with van der Waals surface area (Å²) in [5, 5.41) is 2.92. The number of nitrogens with zero attached hydrogens (tertiary/aromatic N) is 3. The quantitative estimate of drug-likeness (QED) is 0.919. The van der Waals surface area contributed by atoms with Crippen LogP contribution in [0, 0.1) is 0 Å². The van der Waals surface area contributed by atoms with Crippen molar-refractivity contribution in [1.29, 1.82) is 0 Å². The van der Waals surface area contributed by atoms with Crippen LogP contribution in [0.2, 0.25) is 0 Å². The number of carbonyl (C=O) groups excluding carboxylic acids is 1. The van der Waals surface area contributed by atoms with Gasteiger partial charge in [0.05, 0.1) is 5.69 Å². The number of likely N-dealkylation sites (N-methyl/N-ethyl adjacent to an activating group) is 1. The first-order valence-electron chi connectivity index (χ1n) is 7.94. The minimum Gasteiger partial charge on any atom is -0.454 e. The summed E-state index contributed by atoms with van der Waals surface area (Å²) in [5.74, 6) is 2.18. The molecule has 0 saturated heterocycles. The Hall–Kier alpha value is -2.96. The molecule has 0 radical (unpaired) electrons. The highest BCUT2D eigenvalue weighted by Gasteiger charge is 2.27. The van der Waals surface area contributed by atoms with Crippen LogP contribution in [-0.2, 0) is 0 Å². The Kier molecular flexibility index (Phi) is 3.60. The summed E-state index contributed by atoms with van der Waals surface area (Å²) in [6, 6.07) is 8.95. The molecule has 2 aliphatic heterocycles. The van der Waals surface area contributed by atoms with E-state index >= 15 is 0 Å². The average molecular weight is 326 g/mol. The standard InChI is InChI=1S/C17H18N4O3/c1-2-20-8-9-21(13-4-3-7-18-16(13)20)17(22)19-12-5-6-14-15(10-12)24-11-23-14/h3-7,10H,2,8-9,11H2,1H3,(H,19,22). The lowest BCUT2D eigenvalue weighted by atomic mass is 10.2. The van der Waals surface area contributed by atoms with Crippen molar-refractivity contribution < 1.29 is 14.3 Å². The van der Waals surface area contributed by atoms with E-state index in [1.807, 2.05) is 12.1 Å². The molecular formula is C17H18N4O3. The lowest BCUT2D eigenvalue weighted by Crippen LogP contribution is -2.46. The highest BCUT2D eigenvalue weighted by Crippen LogP contribution is 2.35. The number of benzene rings is 1. The van der Waals surface area contributed by atoms with E-state index in [1.165, 1.54) is 0 Å². The van der Waals surface area contributed by atoms with E-state index in [2.05, 4.69) is 22.1 Å². The van der Waals surface area contributed by atoms with Gasteiger partial charge in [-0.2, -0.15) is 0 Å². The summed E-state index contributed by atoms with van der Waals surface area (Å²) in [6.45, 7) is 4.53. The molecular weight excluding hydrogens is 308 g/mol. The number of carbonyl (C=O) groups is 1. The number of urea groups is 1. The van der Waals surface area contributed by atoms with E-state index in [1.54, 1.807) is 29.3 Å². The summed E-state index contributed by atoms with van der Waals surface area (Å²) in [7, 11) is 0. The maximum absolute atomic E-state index is 12.7. The topological polar surface area (TPSA) is 66.9 Å². The molecule has 2 aliphatic rings. The van der Waals surface area contributed by atoms with E-state index < -0.39 is 0 Å². The minimum atomic E-state index is -0.182. The second-order valence-corrected chi connectivity index (χ2v) is 5.58. The summed E-state index contributed by atoms with van der Waals surface area (Å²) >= 11 is 0. The Bertz CT molecular complexity index is 780. The molecule has 2 aromatic rings. The number of anilines is 3. The van der Waals surface area contributed by atoms with Crippen LogP contribution >= 0.6 is 0 Å². The molecule has 0 atom stereocenters. The number of nitrogens with one attached hydrogen (secondary N) is 1. The van der Waals surface area contributed by atoms with Crippen molar-refractivity contribution in [2.45, 2.75) is 6.92 Å². The van der Waals surface area contributed by atoms with Gasteiger partial charge in [-0.25, -0.2) is 9.78 Å². The van der Waals surface area contributed by atoms with Gasteiger partial charge in [0, 0.05) is 37.6 Å². The lowest BCUT2D eigenvalue weighted by Gasteiger charge is -2.35. The van der Waals surface area contributed by atoms with Gasteiger partial charge >= 0.3 is 6.03 Å². The number of hydrogen-bond acceptors (Lipinski definition) is 5. The SMILES string of the molecule is CCN1CCN(C(=O)Nc2ccc3c(c2)OCO3)c2cccnc21. The molecule has 0 unspecified atom stereocenters. The first-order valence-corrected chi connectivity index (χ1v) is 7.94. The van der Waals surface area contributed by atoms with Gasteiger partial charge in [-0.15, -0.1) is 0 Å². The fourth-order valence-electron chi connectivity index (χ4n) is 2.97. The predicted octanol–water partition coefficient (Wildman–Crippen LogP) is 2.69. The maximum atomic E-state index is 12.7. The van der Waals surface area contributed by atoms with Gasteiger partial charge in [-0.3, -0.25) is 4.90 Å². The zero-order valence-electron chi connectivity index (χ0n) is 13.4. The fourth-order valence-corrected chi connectivity index (χ4v) is 2.97. The third-order valence-corrected chi connectivity index (χ3v) is 4.20. The van der Waals surface area contributed by atoms with Crippen LogP contribution in [0.4, 0.5) is 22.0 Å². The number of rotatable bonds is 2. The van der Waals surface area contributed by atoms with E-state index in [0.29, 0.717) is 23.7 Å². The zero-order chi connectivity index (χ0) is 16.5. The highest BCUT2D eigenvalue weighted by atomic mass is 16.7. The van der Waals surface area contributed by atoms with Crippen LogP contribution in [0.25, 0.3) is 0 Å². The molecule has 124 valence electrons. The van der Waals surface area contributed by atoms with Crippen molar-refractivity contribution >= 4 is 23.2 Å². The van der Waals surface area contributed by atoms with Crippen molar-refractivity contribution in [3.8, 4) is 11.5 Å². The number of amides is 2. The fraction of sp³-hybridized carbons (Fsp3) is 0.294. The van der Waals surface area contributed by atoms with Gasteiger partial charge in [0.25, 0.3) is 0 Å². The van der Waals surface area contributed by atoms with E-state index in [9.17, 15) is 4.79 Å². The van der Waals surface area contributed by atoms with Gasteiger partial charge in [-0.05, 0) is 31.2 Å². The summed E-state index contributed by atoms with van der Waals surface area (Å²) in [6.07, 6.45) is 1.75. The molecule has 1 N–H and O–H groups in total. The van der Waals surface area contributed by atoms with Crippen LogP contribution in [0.15, 0.2) is 36.5 Å². The number of ether oxygens (including phenoxy) is 2. The summed E-state index contributed by atoms with van der Waals surface area (Å²) < 4.78 is 10.6. The highest BCUT2D eigenvalue weighted by molar-refractivity contribution is 6.04. The zero-order valence-corrected chi connectivity index (χ0v) is 13.4. The van der Waals surface area contributed by atoms with Crippen LogP contribution in [0.5, 0.6) is 11.5 Å². The summed E-state index contributed by atoms with van der Waals surface area (Å²) in [5.41, 5.74) is 1.50. The third-order valence-electron chi connectivity index (χ3n) is 4.20. The first kappa shape index (κ1) is 14.6. The van der Waals surface area contributed by atoms with Crippen molar-refractivity contribution in [1.82, 2.24) is 4.98 Å². The maximum Gasteiger partial charge on any atom is 0.326 e. The Labute approximate surface area is 139 Å². The molecule has 0 aliphatic carbocycles. The molecule has 2 amide bonds. The Morgan fingerprint density at radius 2 is 2.12 bits per heavy atom. The molecule has 7 heteroatoms. The summed E-state index contributed by atoms with van der Waals surface area (Å²) in [4.78, 5) is 21.0. The molecule has 0 saturated carbocycles. The third kappa shape index (κ3) is 2.47. The molecule has 0 fully saturated rings. The minimum absolute atomic E-state index is 0.182. The van der Waals surface area contributed by atoms with Crippen molar-refractivity contribution in [2.24, 2.45) is 0 Å². The lowest BCUT2D eigenvalue weighted by molar-refractivity contribution is 0.174. The van der Waals surface area contributed by atoms with E-state index in [4.69, 9.17) is 9.47 Å². The molecule has 24 heavy (non-hydrogen) atoms. The van der Waals surface area contributed by atoms with Gasteiger partial charge in [0.2, 0.25) is 6.79 Å².